The molecule has 0 aliphatic rings. The first-order chi connectivity index (χ1) is 15.9. The van der Waals surface area contributed by atoms with Gasteiger partial charge >= 0.3 is 24.3 Å². The number of para-hydroxylation sites is 2. The molecule has 3 rings (SSSR count). The van der Waals surface area contributed by atoms with Gasteiger partial charge in [0.15, 0.2) is 11.5 Å². The summed E-state index contributed by atoms with van der Waals surface area (Å²) in [6, 6.07) is 13.1. The molecule has 3 aromatic carbocycles. The van der Waals surface area contributed by atoms with Gasteiger partial charge in [-0.1, -0.05) is 24.3 Å². The third kappa shape index (κ3) is 6.47. The molecule has 0 radical (unpaired) electrons. The quantitative estimate of drug-likeness (QED) is 0.180. The van der Waals surface area contributed by atoms with Gasteiger partial charge in [-0.05, 0) is 60.2 Å². The molecule has 0 fully saturated rings. The Morgan fingerprint density at radius 3 is 1.85 bits per heavy atom. The predicted octanol–water partition coefficient (Wildman–Crippen LogP) is 6.56. The highest BCUT2D eigenvalue weighted by molar-refractivity contribution is 5.92. The van der Waals surface area contributed by atoms with Crippen LogP contribution < -0.4 is 9.47 Å². The molecule has 0 aliphatic heterocycles. The molecule has 0 N–H and O–H groups in total. The second-order valence-corrected chi connectivity index (χ2v) is 6.79. The standard InChI is InChI=1S/C24H14F6O4/c25-23(26,27)17-11-9-16(10-12-17)22(32)34-20-7-2-1-6-19(20)33-21(31)13-8-15-4-3-5-18(14-15)24(28,29)30/h1-14H/b13-8+. The fourth-order valence-corrected chi connectivity index (χ4v) is 2.70. The van der Waals surface area contributed by atoms with Crippen LogP contribution in [0.25, 0.3) is 6.08 Å². The molecule has 4 nitrogen and oxygen atoms in total. The van der Waals surface area contributed by atoms with E-state index in [0.29, 0.717) is 0 Å². The molecule has 0 aliphatic carbocycles. The fraction of sp³-hybridized carbons (Fsp3) is 0.0833. The van der Waals surface area contributed by atoms with E-state index in [1.165, 1.54) is 36.4 Å². The average Bonchev–Trinajstić information content (AvgIpc) is 2.78. The van der Waals surface area contributed by atoms with Gasteiger partial charge in [-0.3, -0.25) is 0 Å². The molecule has 0 aromatic heterocycles. The molecule has 10 heteroatoms. The summed E-state index contributed by atoms with van der Waals surface area (Å²) in [6.07, 6.45) is -7.09. The number of alkyl halides is 6. The summed E-state index contributed by atoms with van der Waals surface area (Å²) >= 11 is 0. The zero-order chi connectivity index (χ0) is 24.9. The van der Waals surface area contributed by atoms with E-state index >= 15 is 0 Å². The maximum absolute atomic E-state index is 12.8. The van der Waals surface area contributed by atoms with Crippen molar-refractivity contribution in [3.8, 4) is 11.5 Å². The van der Waals surface area contributed by atoms with Crippen molar-refractivity contribution in [1.82, 2.24) is 0 Å². The van der Waals surface area contributed by atoms with Gasteiger partial charge in [0.2, 0.25) is 0 Å². The Morgan fingerprint density at radius 2 is 1.26 bits per heavy atom. The van der Waals surface area contributed by atoms with Crippen molar-refractivity contribution in [2.45, 2.75) is 12.4 Å². The van der Waals surface area contributed by atoms with Crippen molar-refractivity contribution in [3.63, 3.8) is 0 Å². The lowest BCUT2D eigenvalue weighted by atomic mass is 10.1. The highest BCUT2D eigenvalue weighted by Crippen LogP contribution is 2.31. The van der Waals surface area contributed by atoms with Gasteiger partial charge < -0.3 is 9.47 Å². The minimum absolute atomic E-state index is 0.105. The van der Waals surface area contributed by atoms with Crippen LogP contribution in [0.3, 0.4) is 0 Å². The van der Waals surface area contributed by atoms with Crippen LogP contribution in [0.1, 0.15) is 27.0 Å². The molecule has 0 heterocycles. The fourth-order valence-electron chi connectivity index (χ4n) is 2.70. The van der Waals surface area contributed by atoms with Crippen LogP contribution in [0.2, 0.25) is 0 Å². The van der Waals surface area contributed by atoms with Gasteiger partial charge in [0.25, 0.3) is 0 Å². The lowest BCUT2D eigenvalue weighted by molar-refractivity contribution is -0.138. The topological polar surface area (TPSA) is 52.6 Å². The van der Waals surface area contributed by atoms with Crippen molar-refractivity contribution in [2.75, 3.05) is 0 Å². The van der Waals surface area contributed by atoms with Gasteiger partial charge in [-0.25, -0.2) is 9.59 Å². The van der Waals surface area contributed by atoms with Crippen LogP contribution in [0.15, 0.2) is 78.9 Å². The van der Waals surface area contributed by atoms with Crippen LogP contribution in [0.4, 0.5) is 26.3 Å². The predicted molar refractivity (Wildman–Crippen MR) is 109 cm³/mol. The second kappa shape index (κ2) is 9.82. The molecule has 0 atom stereocenters. The summed E-state index contributed by atoms with van der Waals surface area (Å²) in [7, 11) is 0. The van der Waals surface area contributed by atoms with Crippen LogP contribution in [-0.2, 0) is 17.1 Å². The highest BCUT2D eigenvalue weighted by atomic mass is 19.4. The lowest BCUT2D eigenvalue weighted by Gasteiger charge is -2.10. The summed E-state index contributed by atoms with van der Waals surface area (Å²) in [5.74, 6) is -2.32. The number of hydrogen-bond acceptors (Lipinski definition) is 4. The average molecular weight is 480 g/mol. The molecule has 0 unspecified atom stereocenters. The van der Waals surface area contributed by atoms with Gasteiger partial charge in [0, 0.05) is 6.08 Å². The largest absolute Gasteiger partial charge is 0.419 e. The van der Waals surface area contributed by atoms with Gasteiger partial charge in [-0.2, -0.15) is 26.3 Å². The smallest absolute Gasteiger partial charge is 0.416 e. The van der Waals surface area contributed by atoms with E-state index in [4.69, 9.17) is 9.47 Å². The summed E-state index contributed by atoms with van der Waals surface area (Å²) in [6.45, 7) is 0. The number of benzene rings is 3. The Kier molecular flexibility index (Phi) is 7.09. The summed E-state index contributed by atoms with van der Waals surface area (Å²) < 4.78 is 86.6. The van der Waals surface area contributed by atoms with Gasteiger partial charge in [-0.15, -0.1) is 0 Å². The van der Waals surface area contributed by atoms with Crippen molar-refractivity contribution in [3.05, 3.63) is 101 Å². The molecule has 0 bridgehead atoms. The van der Waals surface area contributed by atoms with Crippen LogP contribution in [-0.4, -0.2) is 11.9 Å². The van der Waals surface area contributed by atoms with Gasteiger partial charge in [0.05, 0.1) is 16.7 Å². The molecule has 34 heavy (non-hydrogen) atoms. The maximum atomic E-state index is 12.8. The van der Waals surface area contributed by atoms with Crippen LogP contribution in [0.5, 0.6) is 11.5 Å². The van der Waals surface area contributed by atoms with Crippen molar-refractivity contribution in [2.24, 2.45) is 0 Å². The Labute approximate surface area is 189 Å². The number of ether oxygens (including phenoxy) is 2. The van der Waals surface area contributed by atoms with E-state index in [9.17, 15) is 35.9 Å². The number of carbonyl (C=O) groups is 2. The number of carbonyl (C=O) groups excluding carboxylic acids is 2. The van der Waals surface area contributed by atoms with Gasteiger partial charge in [0.1, 0.15) is 0 Å². The SMILES string of the molecule is O=C(/C=C/c1cccc(C(F)(F)F)c1)Oc1ccccc1OC(=O)c1ccc(C(F)(F)F)cc1. The normalized spacial score (nSPS) is 11.9. The van der Waals surface area contributed by atoms with E-state index in [1.807, 2.05) is 0 Å². The first-order valence-corrected chi connectivity index (χ1v) is 9.49. The molecule has 0 saturated carbocycles. The van der Waals surface area contributed by atoms with Crippen molar-refractivity contribution < 1.29 is 45.4 Å². The minimum Gasteiger partial charge on any atom is -0.419 e. The van der Waals surface area contributed by atoms with E-state index in [1.54, 1.807) is 0 Å². The van der Waals surface area contributed by atoms with E-state index in [2.05, 4.69) is 0 Å². The zero-order valence-electron chi connectivity index (χ0n) is 17.0. The number of rotatable bonds is 5. The molecule has 0 saturated heterocycles. The van der Waals surface area contributed by atoms with Crippen molar-refractivity contribution in [1.29, 1.82) is 0 Å². The Hall–Kier alpha value is -4.08. The van der Waals surface area contributed by atoms with E-state index in [-0.39, 0.29) is 22.6 Å². The monoisotopic (exact) mass is 480 g/mol. The van der Waals surface area contributed by atoms with Crippen molar-refractivity contribution >= 4 is 18.0 Å². The zero-order valence-corrected chi connectivity index (χ0v) is 17.0. The summed E-state index contributed by atoms with van der Waals surface area (Å²) in [5.41, 5.74) is -1.89. The molecule has 3 aromatic rings. The van der Waals surface area contributed by atoms with Crippen LogP contribution >= 0.6 is 0 Å². The van der Waals surface area contributed by atoms with E-state index in [0.717, 1.165) is 48.6 Å². The van der Waals surface area contributed by atoms with Crippen LogP contribution in [0, 0.1) is 0 Å². The second-order valence-electron chi connectivity index (χ2n) is 6.79. The number of hydrogen-bond donors (Lipinski definition) is 0. The third-order valence-corrected chi connectivity index (χ3v) is 4.34. The number of esters is 2. The molecular weight excluding hydrogens is 466 g/mol. The molecule has 0 amide bonds. The minimum atomic E-state index is -4.56. The molecular formula is C24H14F6O4. The Bertz CT molecular complexity index is 1210. The number of halogens is 6. The third-order valence-electron chi connectivity index (χ3n) is 4.34. The summed E-state index contributed by atoms with van der Waals surface area (Å²) in [4.78, 5) is 24.4. The highest BCUT2D eigenvalue weighted by Gasteiger charge is 2.31. The lowest BCUT2D eigenvalue weighted by Crippen LogP contribution is -2.12. The first kappa shape index (κ1) is 24.6. The molecule has 0 spiro atoms. The van der Waals surface area contributed by atoms with E-state index < -0.39 is 35.4 Å². The summed E-state index contributed by atoms with van der Waals surface area (Å²) in [5, 5.41) is 0. The molecule has 176 valence electrons. The maximum Gasteiger partial charge on any atom is 0.416 e. The Balaban J connectivity index is 1.70. The first-order valence-electron chi connectivity index (χ1n) is 9.49. The Morgan fingerprint density at radius 1 is 0.676 bits per heavy atom.